The topological polar surface area (TPSA) is 0 Å². The lowest BCUT2D eigenvalue weighted by Crippen LogP contribution is -2.10. The molecule has 0 radical (unpaired) electrons. The van der Waals surface area contributed by atoms with Gasteiger partial charge in [-0.15, -0.1) is 0 Å². The van der Waals surface area contributed by atoms with Crippen LogP contribution < -0.4 is 0 Å². The Morgan fingerprint density at radius 1 is 0.583 bits per heavy atom. The zero-order valence-electron chi connectivity index (χ0n) is 7.55. The van der Waals surface area contributed by atoms with Crippen molar-refractivity contribution >= 4 is 0 Å². The quantitative estimate of drug-likeness (QED) is 0.377. The highest BCUT2D eigenvalue weighted by molar-refractivity contribution is 5.39. The van der Waals surface area contributed by atoms with Crippen molar-refractivity contribution in [2.24, 2.45) is 23.7 Å². The Morgan fingerprint density at radius 2 is 0.917 bits per heavy atom. The molecule has 4 aliphatic carbocycles. The molecular formula is C12H16. The monoisotopic (exact) mass is 160 g/mol. The summed E-state index contributed by atoms with van der Waals surface area (Å²) in [5, 5.41) is 0. The second-order valence-corrected chi connectivity index (χ2v) is 5.32. The van der Waals surface area contributed by atoms with E-state index in [9.17, 15) is 0 Å². The lowest BCUT2D eigenvalue weighted by atomic mass is 9.82. The molecule has 0 nitrogen and oxygen atoms in total. The molecule has 0 aromatic rings. The number of rotatable bonds is 0. The molecule has 0 aliphatic heterocycles. The zero-order chi connectivity index (χ0) is 7.71. The molecular weight excluding hydrogens is 144 g/mol. The Balaban J connectivity index is 1.90. The van der Waals surface area contributed by atoms with E-state index in [4.69, 9.17) is 0 Å². The summed E-state index contributed by atoms with van der Waals surface area (Å²) in [6, 6.07) is 0. The summed E-state index contributed by atoms with van der Waals surface area (Å²) < 4.78 is 0. The first-order valence-electron chi connectivity index (χ1n) is 5.67. The fourth-order valence-corrected chi connectivity index (χ4v) is 4.70. The minimum Gasteiger partial charge on any atom is -0.0642 e. The third kappa shape index (κ3) is 0.522. The van der Waals surface area contributed by atoms with Gasteiger partial charge in [-0.2, -0.15) is 0 Å². The zero-order valence-corrected chi connectivity index (χ0v) is 7.55. The van der Waals surface area contributed by atoms with E-state index in [1.54, 1.807) is 38.5 Å². The van der Waals surface area contributed by atoms with Crippen LogP contribution in [0, 0.1) is 23.7 Å². The van der Waals surface area contributed by atoms with E-state index in [1.165, 1.54) is 0 Å². The van der Waals surface area contributed by atoms with Gasteiger partial charge in [-0.1, -0.05) is 11.1 Å². The highest BCUT2D eigenvalue weighted by atomic mass is 14.6. The molecule has 0 N–H and O–H groups in total. The van der Waals surface area contributed by atoms with Gasteiger partial charge in [-0.05, 0) is 62.2 Å². The van der Waals surface area contributed by atoms with Crippen molar-refractivity contribution in [1.82, 2.24) is 0 Å². The number of hydrogen-bond acceptors (Lipinski definition) is 0. The average Bonchev–Trinajstić information content (AvgIpc) is 2.83. The highest BCUT2D eigenvalue weighted by Gasteiger charge is 2.50. The van der Waals surface area contributed by atoms with Crippen molar-refractivity contribution in [2.45, 2.75) is 38.5 Å². The smallest absolute Gasteiger partial charge is 0.0192 e. The molecule has 64 valence electrons. The van der Waals surface area contributed by atoms with E-state index < -0.39 is 0 Å². The lowest BCUT2D eigenvalue weighted by molar-refractivity contribution is 0.530. The molecule has 4 unspecified atom stereocenters. The SMILES string of the molecule is C1CC2CC1C1=C2C2CCC1C2. The second-order valence-electron chi connectivity index (χ2n) is 5.32. The summed E-state index contributed by atoms with van der Waals surface area (Å²) in [5.74, 6) is 4.33. The predicted molar refractivity (Wildman–Crippen MR) is 48.7 cm³/mol. The van der Waals surface area contributed by atoms with Crippen LogP contribution in [0.2, 0.25) is 0 Å². The van der Waals surface area contributed by atoms with Gasteiger partial charge in [0.1, 0.15) is 0 Å². The molecule has 0 heterocycles. The molecule has 0 aromatic heterocycles. The molecule has 0 saturated heterocycles. The Hall–Kier alpha value is -0.260. The van der Waals surface area contributed by atoms with Crippen LogP contribution in [-0.4, -0.2) is 0 Å². The van der Waals surface area contributed by atoms with Crippen LogP contribution in [0.3, 0.4) is 0 Å². The van der Waals surface area contributed by atoms with Crippen molar-refractivity contribution in [3.05, 3.63) is 11.1 Å². The Bertz CT molecular complexity index is 222. The first kappa shape index (κ1) is 6.23. The van der Waals surface area contributed by atoms with Gasteiger partial charge in [0.05, 0.1) is 0 Å². The minimum absolute atomic E-state index is 1.08. The molecule has 2 fully saturated rings. The van der Waals surface area contributed by atoms with E-state index in [2.05, 4.69) is 0 Å². The molecule has 4 bridgehead atoms. The van der Waals surface area contributed by atoms with E-state index in [-0.39, 0.29) is 0 Å². The molecule has 0 heteroatoms. The highest BCUT2D eigenvalue weighted by Crippen LogP contribution is 2.63. The Labute approximate surface area is 74.0 Å². The average molecular weight is 160 g/mol. The van der Waals surface area contributed by atoms with E-state index in [1.807, 2.05) is 11.1 Å². The van der Waals surface area contributed by atoms with Crippen molar-refractivity contribution < 1.29 is 0 Å². The first-order chi connectivity index (χ1) is 5.93. The molecule has 0 amide bonds. The van der Waals surface area contributed by atoms with Crippen LogP contribution in [-0.2, 0) is 0 Å². The third-order valence-electron chi connectivity index (χ3n) is 4.96. The second kappa shape index (κ2) is 1.81. The minimum atomic E-state index is 1.08. The van der Waals surface area contributed by atoms with Gasteiger partial charge in [-0.3, -0.25) is 0 Å². The fourth-order valence-electron chi connectivity index (χ4n) is 4.70. The molecule has 4 atom stereocenters. The van der Waals surface area contributed by atoms with Crippen LogP contribution in [0.5, 0.6) is 0 Å². The summed E-state index contributed by atoms with van der Waals surface area (Å²) in [5.41, 5.74) is 4.00. The van der Waals surface area contributed by atoms with Crippen LogP contribution in [0.4, 0.5) is 0 Å². The Morgan fingerprint density at radius 3 is 1.25 bits per heavy atom. The molecule has 4 rings (SSSR count). The Kier molecular flexibility index (Phi) is 0.939. The van der Waals surface area contributed by atoms with Gasteiger partial charge in [0.15, 0.2) is 0 Å². The van der Waals surface area contributed by atoms with Gasteiger partial charge in [-0.25, -0.2) is 0 Å². The number of fused-ring (bicyclic) bond motifs is 8. The summed E-state index contributed by atoms with van der Waals surface area (Å²) in [7, 11) is 0. The first-order valence-corrected chi connectivity index (χ1v) is 5.67. The van der Waals surface area contributed by atoms with Gasteiger partial charge in [0.25, 0.3) is 0 Å². The molecule has 12 heavy (non-hydrogen) atoms. The molecule has 2 saturated carbocycles. The van der Waals surface area contributed by atoms with E-state index >= 15 is 0 Å². The summed E-state index contributed by atoms with van der Waals surface area (Å²) >= 11 is 0. The molecule has 0 aromatic carbocycles. The van der Waals surface area contributed by atoms with Gasteiger partial charge < -0.3 is 0 Å². The maximum Gasteiger partial charge on any atom is -0.0192 e. The summed E-state index contributed by atoms with van der Waals surface area (Å²) in [6.45, 7) is 0. The van der Waals surface area contributed by atoms with E-state index in [0.717, 1.165) is 23.7 Å². The summed E-state index contributed by atoms with van der Waals surface area (Å²) in [4.78, 5) is 0. The van der Waals surface area contributed by atoms with Crippen molar-refractivity contribution in [3.63, 3.8) is 0 Å². The van der Waals surface area contributed by atoms with Crippen molar-refractivity contribution in [1.29, 1.82) is 0 Å². The fraction of sp³-hybridized carbons (Fsp3) is 0.833. The van der Waals surface area contributed by atoms with Crippen LogP contribution in [0.1, 0.15) is 38.5 Å². The number of allylic oxidation sites excluding steroid dienone is 2. The van der Waals surface area contributed by atoms with Crippen LogP contribution in [0.15, 0.2) is 11.1 Å². The van der Waals surface area contributed by atoms with Crippen LogP contribution >= 0.6 is 0 Å². The van der Waals surface area contributed by atoms with Gasteiger partial charge in [0.2, 0.25) is 0 Å². The predicted octanol–water partition coefficient (Wildman–Crippen LogP) is 3.14. The molecule has 4 aliphatic rings. The maximum absolute atomic E-state index is 2.00. The van der Waals surface area contributed by atoms with Gasteiger partial charge >= 0.3 is 0 Å². The van der Waals surface area contributed by atoms with Crippen LogP contribution in [0.25, 0.3) is 0 Å². The van der Waals surface area contributed by atoms with Gasteiger partial charge in [0, 0.05) is 0 Å². The third-order valence-corrected chi connectivity index (χ3v) is 4.96. The van der Waals surface area contributed by atoms with E-state index in [0.29, 0.717) is 0 Å². The van der Waals surface area contributed by atoms with Crippen molar-refractivity contribution in [3.8, 4) is 0 Å². The standard InChI is InChI=1S/C12H16/c1-2-8-5-7(1)11-9-3-4-10(6-9)12(8)11/h7-10H,1-6H2. The largest absolute Gasteiger partial charge is 0.0642 e. The summed E-state index contributed by atoms with van der Waals surface area (Å²) in [6.07, 6.45) is 9.33. The lowest BCUT2D eigenvalue weighted by Gasteiger charge is -2.23. The van der Waals surface area contributed by atoms with Crippen molar-refractivity contribution in [2.75, 3.05) is 0 Å². The number of hydrogen-bond donors (Lipinski definition) is 0. The maximum atomic E-state index is 2.00. The molecule has 0 spiro atoms. The normalized spacial score (nSPS) is 54.0.